The van der Waals surface area contributed by atoms with Crippen molar-refractivity contribution >= 4 is 12.0 Å². The van der Waals surface area contributed by atoms with Crippen LogP contribution in [0.2, 0.25) is 0 Å². The van der Waals surface area contributed by atoms with Gasteiger partial charge in [0.2, 0.25) is 0 Å². The molecule has 1 aliphatic rings. The molecule has 0 bridgehead atoms. The number of aliphatic carboxylic acids is 1. The SMILES string of the molecule is CC(C)[C@H](NC(=O)N1CCCC(C)(O)CC1)C(=O)O. The van der Waals surface area contributed by atoms with Gasteiger partial charge in [0.15, 0.2) is 0 Å². The maximum Gasteiger partial charge on any atom is 0.326 e. The van der Waals surface area contributed by atoms with Gasteiger partial charge in [-0.1, -0.05) is 13.8 Å². The number of carbonyl (C=O) groups excluding carboxylic acids is 1. The third kappa shape index (κ3) is 4.70. The van der Waals surface area contributed by atoms with Gasteiger partial charge in [-0.05, 0) is 32.1 Å². The molecule has 2 amide bonds. The number of hydrogen-bond acceptors (Lipinski definition) is 3. The Labute approximate surface area is 113 Å². The zero-order valence-electron chi connectivity index (χ0n) is 11.8. The Hall–Kier alpha value is -1.30. The molecule has 0 aromatic carbocycles. The predicted octanol–water partition coefficient (Wildman–Crippen LogP) is 1.04. The number of urea groups is 1. The van der Waals surface area contributed by atoms with E-state index in [1.165, 1.54) is 0 Å². The molecule has 3 N–H and O–H groups in total. The Kier molecular flexibility index (Phi) is 5.17. The van der Waals surface area contributed by atoms with Gasteiger partial charge in [-0.2, -0.15) is 0 Å². The van der Waals surface area contributed by atoms with Crippen molar-refractivity contribution in [1.82, 2.24) is 10.2 Å². The Bertz CT molecular complexity index is 342. The highest BCUT2D eigenvalue weighted by atomic mass is 16.4. The van der Waals surface area contributed by atoms with Gasteiger partial charge in [0, 0.05) is 13.1 Å². The van der Waals surface area contributed by atoms with Crippen LogP contribution in [0.5, 0.6) is 0 Å². The molecule has 0 aliphatic carbocycles. The van der Waals surface area contributed by atoms with Crippen LogP contribution in [0.15, 0.2) is 0 Å². The van der Waals surface area contributed by atoms with Crippen molar-refractivity contribution in [2.75, 3.05) is 13.1 Å². The molecule has 1 saturated heterocycles. The van der Waals surface area contributed by atoms with Gasteiger partial charge >= 0.3 is 12.0 Å². The Balaban J connectivity index is 2.60. The largest absolute Gasteiger partial charge is 0.480 e. The number of aliphatic hydroxyl groups is 1. The van der Waals surface area contributed by atoms with Crippen LogP contribution >= 0.6 is 0 Å². The number of likely N-dealkylation sites (tertiary alicyclic amines) is 1. The van der Waals surface area contributed by atoms with Crippen LogP contribution in [0.4, 0.5) is 4.79 Å². The van der Waals surface area contributed by atoms with Gasteiger partial charge in [0.05, 0.1) is 5.60 Å². The summed E-state index contributed by atoms with van der Waals surface area (Å²) >= 11 is 0. The minimum Gasteiger partial charge on any atom is -0.480 e. The molecule has 2 atom stereocenters. The summed E-state index contributed by atoms with van der Waals surface area (Å²) in [5, 5.41) is 21.6. The number of hydrogen-bond donors (Lipinski definition) is 3. The lowest BCUT2D eigenvalue weighted by molar-refractivity contribution is -0.140. The second kappa shape index (κ2) is 6.23. The first kappa shape index (κ1) is 15.8. The van der Waals surface area contributed by atoms with Crippen LogP contribution < -0.4 is 5.32 Å². The third-order valence-corrected chi connectivity index (χ3v) is 3.56. The molecule has 19 heavy (non-hydrogen) atoms. The first-order valence-electron chi connectivity index (χ1n) is 6.73. The second-order valence-electron chi connectivity index (χ2n) is 5.85. The average molecular weight is 272 g/mol. The molecule has 1 unspecified atom stereocenters. The van der Waals surface area contributed by atoms with E-state index in [1.807, 2.05) is 0 Å². The average Bonchev–Trinajstić information content (AvgIpc) is 2.46. The Morgan fingerprint density at radius 3 is 2.42 bits per heavy atom. The highest BCUT2D eigenvalue weighted by Crippen LogP contribution is 2.21. The number of carboxylic acids is 1. The van der Waals surface area contributed by atoms with E-state index >= 15 is 0 Å². The molecule has 1 heterocycles. The number of nitrogens with zero attached hydrogens (tertiary/aromatic N) is 1. The number of carbonyl (C=O) groups is 2. The van der Waals surface area contributed by atoms with E-state index < -0.39 is 17.6 Å². The second-order valence-corrected chi connectivity index (χ2v) is 5.85. The van der Waals surface area contributed by atoms with Crippen LogP contribution in [-0.4, -0.2) is 51.8 Å². The van der Waals surface area contributed by atoms with Crippen molar-refractivity contribution in [1.29, 1.82) is 0 Å². The lowest BCUT2D eigenvalue weighted by Crippen LogP contribution is -2.50. The number of carboxylic acid groups (broad SMARTS) is 1. The number of amides is 2. The van der Waals surface area contributed by atoms with Crippen molar-refractivity contribution in [2.45, 2.75) is 51.7 Å². The van der Waals surface area contributed by atoms with E-state index in [9.17, 15) is 14.7 Å². The fourth-order valence-electron chi connectivity index (χ4n) is 2.20. The lowest BCUT2D eigenvalue weighted by Gasteiger charge is -2.26. The summed E-state index contributed by atoms with van der Waals surface area (Å²) in [6.07, 6.45) is 1.89. The molecule has 0 aromatic rings. The van der Waals surface area contributed by atoms with Crippen LogP contribution in [0.25, 0.3) is 0 Å². The van der Waals surface area contributed by atoms with E-state index in [1.54, 1.807) is 25.7 Å². The highest BCUT2D eigenvalue weighted by molar-refractivity contribution is 5.82. The third-order valence-electron chi connectivity index (χ3n) is 3.56. The van der Waals surface area contributed by atoms with Crippen molar-refractivity contribution in [2.24, 2.45) is 5.92 Å². The van der Waals surface area contributed by atoms with Crippen molar-refractivity contribution in [3.63, 3.8) is 0 Å². The van der Waals surface area contributed by atoms with E-state index in [4.69, 9.17) is 5.11 Å². The molecular formula is C13H24N2O4. The summed E-state index contributed by atoms with van der Waals surface area (Å²) in [5.74, 6) is -1.19. The smallest absolute Gasteiger partial charge is 0.326 e. The first-order chi connectivity index (χ1) is 8.73. The topological polar surface area (TPSA) is 89.9 Å². The van der Waals surface area contributed by atoms with Crippen LogP contribution in [0.1, 0.15) is 40.0 Å². The normalized spacial score (nSPS) is 25.8. The number of nitrogens with one attached hydrogen (secondary N) is 1. The van der Waals surface area contributed by atoms with Crippen LogP contribution in [0.3, 0.4) is 0 Å². The van der Waals surface area contributed by atoms with E-state index in [-0.39, 0.29) is 11.9 Å². The van der Waals surface area contributed by atoms with Gasteiger partial charge in [-0.3, -0.25) is 0 Å². The minimum absolute atomic E-state index is 0.170. The Morgan fingerprint density at radius 1 is 1.26 bits per heavy atom. The molecule has 0 aromatic heterocycles. The molecule has 0 saturated carbocycles. The summed E-state index contributed by atoms with van der Waals surface area (Å²) in [7, 11) is 0. The van der Waals surface area contributed by atoms with E-state index in [0.29, 0.717) is 25.9 Å². The monoisotopic (exact) mass is 272 g/mol. The predicted molar refractivity (Wildman–Crippen MR) is 70.8 cm³/mol. The van der Waals surface area contributed by atoms with Gasteiger partial charge < -0.3 is 20.4 Å². The summed E-state index contributed by atoms with van der Waals surface area (Å²) < 4.78 is 0. The molecule has 1 fully saturated rings. The van der Waals surface area contributed by atoms with Crippen molar-refractivity contribution in [3.05, 3.63) is 0 Å². The van der Waals surface area contributed by atoms with Crippen LogP contribution in [-0.2, 0) is 4.79 Å². The van der Waals surface area contributed by atoms with E-state index in [2.05, 4.69) is 5.32 Å². The first-order valence-corrected chi connectivity index (χ1v) is 6.73. The van der Waals surface area contributed by atoms with Gasteiger partial charge in [0.25, 0.3) is 0 Å². The van der Waals surface area contributed by atoms with E-state index in [0.717, 1.165) is 6.42 Å². The lowest BCUT2D eigenvalue weighted by atomic mass is 9.98. The Morgan fingerprint density at radius 2 is 1.89 bits per heavy atom. The molecule has 6 heteroatoms. The summed E-state index contributed by atoms with van der Waals surface area (Å²) in [5.41, 5.74) is -0.737. The molecule has 0 spiro atoms. The minimum atomic E-state index is -1.02. The zero-order chi connectivity index (χ0) is 14.6. The summed E-state index contributed by atoms with van der Waals surface area (Å²) in [4.78, 5) is 24.7. The van der Waals surface area contributed by atoms with Crippen molar-refractivity contribution < 1.29 is 19.8 Å². The quantitative estimate of drug-likeness (QED) is 0.716. The summed E-state index contributed by atoms with van der Waals surface area (Å²) in [6, 6.07) is -1.24. The van der Waals surface area contributed by atoms with Gasteiger partial charge in [-0.25, -0.2) is 9.59 Å². The fourth-order valence-corrected chi connectivity index (χ4v) is 2.20. The van der Waals surface area contributed by atoms with Crippen molar-refractivity contribution in [3.8, 4) is 0 Å². The fraction of sp³-hybridized carbons (Fsp3) is 0.846. The standard InChI is InChI=1S/C13H24N2O4/c1-9(2)10(11(16)17)14-12(18)15-7-4-5-13(3,19)6-8-15/h9-10,19H,4-8H2,1-3H3,(H,14,18)(H,16,17)/t10-,13?/m0/s1. The number of rotatable bonds is 3. The maximum absolute atomic E-state index is 12.1. The molecular weight excluding hydrogens is 248 g/mol. The van der Waals surface area contributed by atoms with Gasteiger partial charge in [0.1, 0.15) is 6.04 Å². The molecule has 1 rings (SSSR count). The highest BCUT2D eigenvalue weighted by Gasteiger charge is 2.30. The van der Waals surface area contributed by atoms with Crippen LogP contribution in [0, 0.1) is 5.92 Å². The molecule has 1 aliphatic heterocycles. The zero-order valence-corrected chi connectivity index (χ0v) is 11.8. The maximum atomic E-state index is 12.1. The molecule has 6 nitrogen and oxygen atoms in total. The molecule has 110 valence electrons. The van der Waals surface area contributed by atoms with Gasteiger partial charge in [-0.15, -0.1) is 0 Å². The molecule has 0 radical (unpaired) electrons. The summed E-state index contributed by atoms with van der Waals surface area (Å²) in [6.45, 7) is 6.27.